The van der Waals surface area contributed by atoms with Crippen LogP contribution in [0.15, 0.2) is 18.5 Å². The van der Waals surface area contributed by atoms with Crippen LogP contribution < -0.4 is 11.1 Å². The van der Waals surface area contributed by atoms with Crippen molar-refractivity contribution in [2.24, 2.45) is 11.1 Å². The molecule has 0 aliphatic rings. The lowest BCUT2D eigenvalue weighted by atomic mass is 9.84. The Balaban J connectivity index is 2.82. The molecule has 1 aromatic rings. The van der Waals surface area contributed by atoms with Crippen molar-refractivity contribution in [3.63, 3.8) is 0 Å². The molecule has 1 amide bonds. The molecule has 0 radical (unpaired) electrons. The van der Waals surface area contributed by atoms with Crippen molar-refractivity contribution in [3.05, 3.63) is 29.8 Å². The van der Waals surface area contributed by atoms with Crippen molar-refractivity contribution in [2.75, 3.05) is 6.54 Å². The number of nitrogens with zero attached hydrogens (tertiary/aromatic N) is 1. The van der Waals surface area contributed by atoms with Gasteiger partial charge >= 0.3 is 0 Å². The van der Waals surface area contributed by atoms with Gasteiger partial charge in [-0.1, -0.05) is 20.8 Å². The first-order chi connectivity index (χ1) is 8.36. The Morgan fingerprint density at radius 1 is 1.56 bits per heavy atom. The number of hydrogen-bond donors (Lipinski definition) is 2. The molecule has 5 heteroatoms. The predicted molar refractivity (Wildman–Crippen MR) is 68.6 cm³/mol. The summed E-state index contributed by atoms with van der Waals surface area (Å²) in [5.74, 6) is -1.04. The van der Waals surface area contributed by atoms with Crippen LogP contribution in [0.4, 0.5) is 4.39 Å². The smallest absolute Gasteiger partial charge is 0.254 e. The third kappa shape index (κ3) is 3.77. The lowest BCUT2D eigenvalue weighted by Crippen LogP contribution is -2.45. The molecule has 0 aromatic carbocycles. The lowest BCUT2D eigenvalue weighted by Gasteiger charge is -2.31. The number of hydrogen-bond acceptors (Lipinski definition) is 3. The maximum absolute atomic E-state index is 13.4. The van der Waals surface area contributed by atoms with Crippen molar-refractivity contribution < 1.29 is 9.18 Å². The zero-order valence-electron chi connectivity index (χ0n) is 11.0. The van der Waals surface area contributed by atoms with Crippen LogP contribution in [0.5, 0.6) is 0 Å². The fraction of sp³-hybridized carbons (Fsp3) is 0.538. The van der Waals surface area contributed by atoms with Crippen molar-refractivity contribution in [3.8, 4) is 0 Å². The van der Waals surface area contributed by atoms with Crippen molar-refractivity contribution in [1.82, 2.24) is 10.3 Å². The molecule has 100 valence electrons. The topological polar surface area (TPSA) is 68.0 Å². The third-order valence-electron chi connectivity index (χ3n) is 2.82. The highest BCUT2D eigenvalue weighted by Gasteiger charge is 2.26. The Kier molecular flexibility index (Phi) is 4.78. The van der Waals surface area contributed by atoms with Crippen LogP contribution in [-0.4, -0.2) is 23.5 Å². The molecule has 0 spiro atoms. The minimum atomic E-state index is -0.615. The summed E-state index contributed by atoms with van der Waals surface area (Å²) in [7, 11) is 0. The summed E-state index contributed by atoms with van der Waals surface area (Å²) < 4.78 is 13.4. The monoisotopic (exact) mass is 253 g/mol. The van der Waals surface area contributed by atoms with E-state index >= 15 is 0 Å². The Hall–Kier alpha value is -1.49. The zero-order chi connectivity index (χ0) is 13.8. The molecule has 0 bridgehead atoms. The minimum Gasteiger partial charge on any atom is -0.349 e. The van der Waals surface area contributed by atoms with Gasteiger partial charge in [0.1, 0.15) is 0 Å². The van der Waals surface area contributed by atoms with Crippen LogP contribution in [0.25, 0.3) is 0 Å². The summed E-state index contributed by atoms with van der Waals surface area (Å²) in [6.07, 6.45) is 3.08. The Labute approximate surface area is 107 Å². The second kappa shape index (κ2) is 5.91. The average Bonchev–Trinajstić information content (AvgIpc) is 2.27. The molecule has 1 heterocycles. The van der Waals surface area contributed by atoms with Crippen molar-refractivity contribution in [2.45, 2.75) is 33.2 Å². The summed E-state index contributed by atoms with van der Waals surface area (Å²) in [6, 6.07) is 1.27. The maximum Gasteiger partial charge on any atom is 0.254 e. The fourth-order valence-electron chi connectivity index (χ4n) is 1.68. The van der Waals surface area contributed by atoms with Gasteiger partial charge in [0, 0.05) is 12.2 Å². The lowest BCUT2D eigenvalue weighted by molar-refractivity contribution is 0.0894. The zero-order valence-corrected chi connectivity index (χ0v) is 11.0. The molecular weight excluding hydrogens is 233 g/mol. The van der Waals surface area contributed by atoms with Gasteiger partial charge in [-0.15, -0.1) is 0 Å². The number of nitrogens with two attached hydrogens (primary N) is 1. The van der Waals surface area contributed by atoms with Crippen LogP contribution in [-0.2, 0) is 0 Å². The number of carbonyl (C=O) groups is 1. The number of aromatic nitrogens is 1. The molecule has 1 rings (SSSR count). The summed E-state index contributed by atoms with van der Waals surface area (Å²) in [4.78, 5) is 15.6. The van der Waals surface area contributed by atoms with E-state index in [-0.39, 0.29) is 17.0 Å². The highest BCUT2D eigenvalue weighted by atomic mass is 19.1. The van der Waals surface area contributed by atoms with Gasteiger partial charge in [-0.2, -0.15) is 0 Å². The van der Waals surface area contributed by atoms with Crippen LogP contribution >= 0.6 is 0 Å². The van der Waals surface area contributed by atoms with Gasteiger partial charge < -0.3 is 11.1 Å². The molecule has 1 atom stereocenters. The second-order valence-electron chi connectivity index (χ2n) is 5.32. The maximum atomic E-state index is 13.4. The number of carbonyl (C=O) groups excluding carboxylic acids is 1. The first-order valence-electron chi connectivity index (χ1n) is 5.96. The fourth-order valence-corrected chi connectivity index (χ4v) is 1.68. The highest BCUT2D eigenvalue weighted by molar-refractivity contribution is 5.94. The van der Waals surface area contributed by atoms with Gasteiger partial charge in [-0.25, -0.2) is 4.39 Å². The SMILES string of the molecule is CC(C)(C)C(CCN)NC(=O)c1ccncc1F. The van der Waals surface area contributed by atoms with Crippen molar-refractivity contribution in [1.29, 1.82) is 0 Å². The third-order valence-corrected chi connectivity index (χ3v) is 2.82. The predicted octanol–water partition coefficient (Wildman–Crippen LogP) is 1.71. The molecule has 0 fully saturated rings. The summed E-state index contributed by atoms with van der Waals surface area (Å²) in [5.41, 5.74) is 5.42. The molecule has 0 saturated heterocycles. The van der Waals surface area contributed by atoms with E-state index in [1.807, 2.05) is 20.8 Å². The number of rotatable bonds is 4. The van der Waals surface area contributed by atoms with Crippen LogP contribution in [0, 0.1) is 11.2 Å². The van der Waals surface area contributed by atoms with E-state index in [1.54, 1.807) is 0 Å². The quantitative estimate of drug-likeness (QED) is 0.858. The molecule has 3 N–H and O–H groups in total. The van der Waals surface area contributed by atoms with E-state index in [2.05, 4.69) is 10.3 Å². The molecule has 0 saturated carbocycles. The van der Waals surface area contributed by atoms with E-state index in [9.17, 15) is 9.18 Å². The van der Waals surface area contributed by atoms with E-state index in [0.29, 0.717) is 13.0 Å². The Morgan fingerprint density at radius 2 is 2.22 bits per heavy atom. The normalized spacial score (nSPS) is 13.2. The van der Waals surface area contributed by atoms with Gasteiger partial charge in [0.05, 0.1) is 11.8 Å². The molecule has 0 aliphatic heterocycles. The second-order valence-corrected chi connectivity index (χ2v) is 5.32. The van der Waals surface area contributed by atoms with E-state index in [4.69, 9.17) is 5.73 Å². The standard InChI is InChI=1S/C13H20FN3O/c1-13(2,3)11(4-6-15)17-12(18)9-5-7-16-8-10(9)14/h5,7-8,11H,4,6,15H2,1-3H3,(H,17,18). The first-order valence-corrected chi connectivity index (χ1v) is 5.96. The van der Waals surface area contributed by atoms with Crippen molar-refractivity contribution >= 4 is 5.91 Å². The number of pyridine rings is 1. The van der Waals surface area contributed by atoms with Gasteiger partial charge in [0.25, 0.3) is 5.91 Å². The first kappa shape index (κ1) is 14.6. The largest absolute Gasteiger partial charge is 0.349 e. The van der Waals surface area contributed by atoms with E-state index < -0.39 is 11.7 Å². The number of nitrogens with one attached hydrogen (secondary N) is 1. The minimum absolute atomic E-state index is 0.0104. The van der Waals surface area contributed by atoms with Gasteiger partial charge in [-0.05, 0) is 24.4 Å². The van der Waals surface area contributed by atoms with E-state index in [1.165, 1.54) is 12.3 Å². The average molecular weight is 253 g/mol. The molecule has 1 aromatic heterocycles. The molecule has 1 unspecified atom stereocenters. The van der Waals surface area contributed by atoms with Crippen LogP contribution in [0.2, 0.25) is 0 Å². The van der Waals surface area contributed by atoms with Gasteiger partial charge in [0.15, 0.2) is 5.82 Å². The number of halogens is 1. The molecule has 4 nitrogen and oxygen atoms in total. The van der Waals surface area contributed by atoms with Gasteiger partial charge in [-0.3, -0.25) is 9.78 Å². The summed E-state index contributed by atoms with van der Waals surface area (Å²) >= 11 is 0. The Bertz CT molecular complexity index is 415. The molecule has 18 heavy (non-hydrogen) atoms. The van der Waals surface area contributed by atoms with Gasteiger partial charge in [0.2, 0.25) is 0 Å². The molecular formula is C13H20FN3O. The Morgan fingerprint density at radius 3 is 2.72 bits per heavy atom. The van der Waals surface area contributed by atoms with E-state index in [0.717, 1.165) is 6.20 Å². The highest BCUT2D eigenvalue weighted by Crippen LogP contribution is 2.22. The van der Waals surface area contributed by atoms with Crippen LogP contribution in [0.3, 0.4) is 0 Å². The molecule has 0 aliphatic carbocycles. The van der Waals surface area contributed by atoms with Crippen LogP contribution in [0.1, 0.15) is 37.6 Å². The summed E-state index contributed by atoms with van der Waals surface area (Å²) in [5, 5.41) is 2.83. The number of amides is 1. The summed E-state index contributed by atoms with van der Waals surface area (Å²) in [6.45, 7) is 6.50.